The van der Waals surface area contributed by atoms with Crippen LogP contribution in [0.25, 0.3) is 0 Å². The van der Waals surface area contributed by atoms with Gasteiger partial charge in [-0.25, -0.2) is 0 Å². The molecule has 0 bridgehead atoms. The molecule has 1 aromatic rings. The molecule has 1 heteroatoms. The first-order valence-corrected chi connectivity index (χ1v) is 11.3. The van der Waals surface area contributed by atoms with Crippen LogP contribution in [0.2, 0.25) is 6.04 Å². The fourth-order valence-corrected chi connectivity index (χ4v) is 8.26. The standard InChI is InChI=1S/C21H30Si/c1-2-10-19-13-9-16-21(19)22(20-14-7-4-8-15-20)17-18-11-5-3-6-12-18/h4,7-9,13-15,18,22H,2-3,5-6,10-12,16-17H2,1H3. The summed E-state index contributed by atoms with van der Waals surface area (Å²) in [5.41, 5.74) is 1.69. The zero-order valence-corrected chi connectivity index (χ0v) is 15.2. The number of hydrogen-bond donors (Lipinski definition) is 0. The second kappa shape index (κ2) is 7.96. The highest BCUT2D eigenvalue weighted by molar-refractivity contribution is 6.80. The molecular formula is C21H30Si. The van der Waals surface area contributed by atoms with Gasteiger partial charge in [0.25, 0.3) is 0 Å². The van der Waals surface area contributed by atoms with Gasteiger partial charge in [-0.1, -0.05) is 104 Å². The van der Waals surface area contributed by atoms with Crippen molar-refractivity contribution in [3.05, 3.63) is 53.3 Å². The van der Waals surface area contributed by atoms with Crippen LogP contribution in [0.5, 0.6) is 0 Å². The van der Waals surface area contributed by atoms with Gasteiger partial charge < -0.3 is 0 Å². The fraction of sp³-hybridized carbons (Fsp3) is 0.524. The molecule has 0 nitrogen and oxygen atoms in total. The molecule has 1 atom stereocenters. The minimum absolute atomic E-state index is 0.990. The van der Waals surface area contributed by atoms with Gasteiger partial charge in [-0.05, 0) is 24.8 Å². The predicted molar refractivity (Wildman–Crippen MR) is 100 cm³/mol. The van der Waals surface area contributed by atoms with Crippen molar-refractivity contribution in [2.24, 2.45) is 5.92 Å². The highest BCUT2D eigenvalue weighted by Crippen LogP contribution is 2.33. The molecule has 0 N–H and O–H groups in total. The summed E-state index contributed by atoms with van der Waals surface area (Å²) in [5.74, 6) is 1.00. The van der Waals surface area contributed by atoms with E-state index in [0.29, 0.717) is 0 Å². The van der Waals surface area contributed by atoms with Crippen LogP contribution in [-0.2, 0) is 0 Å². The molecule has 22 heavy (non-hydrogen) atoms. The van der Waals surface area contributed by atoms with Crippen molar-refractivity contribution < 1.29 is 0 Å². The van der Waals surface area contributed by atoms with Gasteiger partial charge in [0, 0.05) is 0 Å². The zero-order valence-electron chi connectivity index (χ0n) is 14.1. The Morgan fingerprint density at radius 1 is 1.05 bits per heavy atom. The van der Waals surface area contributed by atoms with Crippen LogP contribution in [-0.4, -0.2) is 8.80 Å². The van der Waals surface area contributed by atoms with Gasteiger partial charge in [0.05, 0.1) is 8.80 Å². The molecule has 0 saturated heterocycles. The summed E-state index contributed by atoms with van der Waals surface area (Å²) in [6.07, 6.45) is 16.1. The fourth-order valence-electron chi connectivity index (χ4n) is 4.37. The van der Waals surface area contributed by atoms with Crippen molar-refractivity contribution in [3.8, 4) is 0 Å². The maximum Gasteiger partial charge on any atom is 0.0986 e. The van der Waals surface area contributed by atoms with E-state index < -0.39 is 8.80 Å². The average molecular weight is 311 g/mol. The third kappa shape index (κ3) is 3.81. The summed E-state index contributed by atoms with van der Waals surface area (Å²) < 4.78 is 0. The molecular weight excluding hydrogens is 280 g/mol. The molecule has 3 rings (SSSR count). The Morgan fingerprint density at radius 2 is 1.82 bits per heavy atom. The Bertz CT molecular complexity index is 520. The van der Waals surface area contributed by atoms with E-state index in [-0.39, 0.29) is 0 Å². The molecule has 1 saturated carbocycles. The molecule has 1 aromatic carbocycles. The number of rotatable bonds is 6. The first-order valence-electron chi connectivity index (χ1n) is 9.32. The van der Waals surface area contributed by atoms with Crippen molar-refractivity contribution in [2.45, 2.75) is 64.3 Å². The van der Waals surface area contributed by atoms with E-state index in [1.54, 1.807) is 10.8 Å². The van der Waals surface area contributed by atoms with Crippen LogP contribution < -0.4 is 5.19 Å². The third-order valence-electron chi connectivity index (χ3n) is 5.50. The lowest BCUT2D eigenvalue weighted by molar-refractivity contribution is 0.384. The van der Waals surface area contributed by atoms with Gasteiger partial charge in [-0.3, -0.25) is 0 Å². The van der Waals surface area contributed by atoms with E-state index in [9.17, 15) is 0 Å². The number of benzene rings is 1. The van der Waals surface area contributed by atoms with E-state index in [1.165, 1.54) is 57.4 Å². The van der Waals surface area contributed by atoms with Crippen LogP contribution in [0.4, 0.5) is 0 Å². The Balaban J connectivity index is 1.84. The molecule has 1 unspecified atom stereocenters. The minimum atomic E-state index is -0.990. The molecule has 0 heterocycles. The molecule has 0 aromatic heterocycles. The Labute approximate surface area is 137 Å². The monoisotopic (exact) mass is 310 g/mol. The van der Waals surface area contributed by atoms with Gasteiger partial charge in [-0.15, -0.1) is 0 Å². The van der Waals surface area contributed by atoms with Crippen LogP contribution in [0.1, 0.15) is 58.3 Å². The topological polar surface area (TPSA) is 0 Å². The Hall–Kier alpha value is -1.08. The normalized spacial score (nSPS) is 20.6. The molecule has 1 fully saturated rings. The molecule has 2 aliphatic rings. The second-order valence-electron chi connectivity index (χ2n) is 7.11. The second-order valence-corrected chi connectivity index (χ2v) is 10.1. The highest BCUT2D eigenvalue weighted by atomic mass is 28.3. The van der Waals surface area contributed by atoms with E-state index in [2.05, 4.69) is 49.4 Å². The largest absolute Gasteiger partial charge is 0.0986 e. The number of hydrogen-bond acceptors (Lipinski definition) is 0. The zero-order chi connectivity index (χ0) is 15.2. The maximum absolute atomic E-state index is 2.43. The highest BCUT2D eigenvalue weighted by Gasteiger charge is 2.26. The van der Waals surface area contributed by atoms with Gasteiger partial charge >= 0.3 is 0 Å². The van der Waals surface area contributed by atoms with Gasteiger partial charge in [0.15, 0.2) is 0 Å². The lowest BCUT2D eigenvalue weighted by Crippen LogP contribution is -2.35. The SMILES string of the molecule is CCCC1=C([SiH](CC2CCCCC2)c2ccccc2)CC=C1. The van der Waals surface area contributed by atoms with Crippen molar-refractivity contribution in [1.82, 2.24) is 0 Å². The summed E-state index contributed by atoms with van der Waals surface area (Å²) in [5, 5.41) is 3.54. The molecule has 2 aliphatic carbocycles. The molecule has 0 spiro atoms. The number of allylic oxidation sites excluding steroid dienone is 4. The molecule has 0 radical (unpaired) electrons. The lowest BCUT2D eigenvalue weighted by atomic mass is 9.91. The molecule has 0 amide bonds. The van der Waals surface area contributed by atoms with Crippen LogP contribution >= 0.6 is 0 Å². The van der Waals surface area contributed by atoms with Crippen LogP contribution in [0.3, 0.4) is 0 Å². The van der Waals surface area contributed by atoms with Crippen LogP contribution in [0, 0.1) is 5.92 Å². The van der Waals surface area contributed by atoms with E-state index in [4.69, 9.17) is 0 Å². The summed E-state index contributed by atoms with van der Waals surface area (Å²) in [6, 6.07) is 13.0. The maximum atomic E-state index is 2.43. The molecule has 0 aliphatic heterocycles. The average Bonchev–Trinajstić information content (AvgIpc) is 3.03. The summed E-state index contributed by atoms with van der Waals surface area (Å²) in [4.78, 5) is 0. The smallest absolute Gasteiger partial charge is 0.0806 e. The first-order chi connectivity index (χ1) is 10.9. The lowest BCUT2D eigenvalue weighted by Gasteiger charge is -2.28. The summed E-state index contributed by atoms with van der Waals surface area (Å²) in [6.45, 7) is 2.32. The molecule has 118 valence electrons. The van der Waals surface area contributed by atoms with Gasteiger partial charge in [-0.2, -0.15) is 0 Å². The van der Waals surface area contributed by atoms with Gasteiger partial charge in [0.1, 0.15) is 0 Å². The van der Waals surface area contributed by atoms with Crippen LogP contribution in [0.15, 0.2) is 53.3 Å². The van der Waals surface area contributed by atoms with Crippen molar-refractivity contribution in [1.29, 1.82) is 0 Å². The van der Waals surface area contributed by atoms with Crippen molar-refractivity contribution in [2.75, 3.05) is 0 Å². The van der Waals surface area contributed by atoms with E-state index >= 15 is 0 Å². The van der Waals surface area contributed by atoms with Gasteiger partial charge in [0.2, 0.25) is 0 Å². The first kappa shape index (κ1) is 15.8. The Kier molecular flexibility index (Phi) is 5.72. The van der Waals surface area contributed by atoms with Crippen molar-refractivity contribution >= 4 is 14.0 Å². The summed E-state index contributed by atoms with van der Waals surface area (Å²) >= 11 is 0. The predicted octanol–water partition coefficient (Wildman–Crippen LogP) is 5.30. The Morgan fingerprint density at radius 3 is 2.55 bits per heavy atom. The van der Waals surface area contributed by atoms with E-state index in [1.807, 2.05) is 5.20 Å². The van der Waals surface area contributed by atoms with Crippen molar-refractivity contribution in [3.63, 3.8) is 0 Å². The minimum Gasteiger partial charge on any atom is -0.0806 e. The third-order valence-corrected chi connectivity index (χ3v) is 9.28. The van der Waals surface area contributed by atoms with E-state index in [0.717, 1.165) is 5.92 Å². The quantitative estimate of drug-likeness (QED) is 0.626. The summed E-state index contributed by atoms with van der Waals surface area (Å²) in [7, 11) is -0.990.